The largest absolute Gasteiger partial charge is 0.486 e. The Balaban J connectivity index is 1.92. The van der Waals surface area contributed by atoms with E-state index in [2.05, 4.69) is 9.97 Å². The van der Waals surface area contributed by atoms with Crippen molar-refractivity contribution >= 4 is 22.2 Å². The lowest BCUT2D eigenvalue weighted by Gasteiger charge is -2.20. The van der Waals surface area contributed by atoms with Gasteiger partial charge in [0.25, 0.3) is 5.56 Å². The third-order valence-corrected chi connectivity index (χ3v) is 5.42. The molecule has 0 saturated heterocycles. The van der Waals surface area contributed by atoms with Gasteiger partial charge in [0.1, 0.15) is 12.4 Å². The molecule has 0 aliphatic heterocycles. The monoisotopic (exact) mass is 392 g/mol. The molecule has 2 N–H and O–H groups in total. The number of benzene rings is 1. The molecular weight excluding hydrogens is 372 g/mol. The third kappa shape index (κ3) is 3.56. The van der Waals surface area contributed by atoms with Crippen molar-refractivity contribution in [3.05, 3.63) is 81.7 Å². The van der Waals surface area contributed by atoms with Crippen molar-refractivity contribution in [2.24, 2.45) is 0 Å². The Morgan fingerprint density at radius 1 is 1.18 bits per heavy atom. The van der Waals surface area contributed by atoms with Gasteiger partial charge in [0, 0.05) is 16.5 Å². The van der Waals surface area contributed by atoms with Crippen molar-refractivity contribution < 1.29 is 9.84 Å². The molecule has 0 spiro atoms. The fourth-order valence-electron chi connectivity index (χ4n) is 3.07. The highest BCUT2D eigenvalue weighted by molar-refractivity contribution is 7.13. The Labute approximate surface area is 166 Å². The number of aliphatic hydroxyl groups is 1. The number of ether oxygens (including phenoxy) is 1. The van der Waals surface area contributed by atoms with Crippen LogP contribution >= 0.6 is 11.3 Å². The molecule has 0 saturated carbocycles. The smallest absolute Gasteiger partial charge is 0.260 e. The summed E-state index contributed by atoms with van der Waals surface area (Å²) in [7, 11) is 0. The number of H-pyrrole nitrogens is 1. The van der Waals surface area contributed by atoms with Gasteiger partial charge in [0.05, 0.1) is 22.4 Å². The number of hydrogen-bond donors (Lipinski definition) is 2. The zero-order chi connectivity index (χ0) is 19.7. The average molecular weight is 392 g/mol. The van der Waals surface area contributed by atoms with Crippen LogP contribution in [0.2, 0.25) is 0 Å². The number of aromatic nitrogens is 2. The summed E-state index contributed by atoms with van der Waals surface area (Å²) in [5.74, 6) is 0.498. The van der Waals surface area contributed by atoms with Gasteiger partial charge in [-0.1, -0.05) is 18.2 Å². The van der Waals surface area contributed by atoms with E-state index in [1.165, 1.54) is 11.3 Å². The minimum absolute atomic E-state index is 0.207. The minimum Gasteiger partial charge on any atom is -0.486 e. The summed E-state index contributed by atoms with van der Waals surface area (Å²) in [6.07, 6.45) is 1.71. The van der Waals surface area contributed by atoms with E-state index in [4.69, 9.17) is 4.74 Å². The molecule has 5 nitrogen and oxygen atoms in total. The normalized spacial score (nSPS) is 11.7. The molecule has 3 aromatic heterocycles. The van der Waals surface area contributed by atoms with Crippen LogP contribution in [0.3, 0.4) is 0 Å². The molecule has 0 aliphatic rings. The summed E-state index contributed by atoms with van der Waals surface area (Å²) in [6.45, 7) is 3.70. The van der Waals surface area contributed by atoms with Crippen molar-refractivity contribution in [2.45, 2.75) is 26.1 Å². The topological polar surface area (TPSA) is 75.2 Å². The summed E-state index contributed by atoms with van der Waals surface area (Å²) >= 11 is 1.48. The van der Waals surface area contributed by atoms with Crippen LogP contribution in [0.1, 0.15) is 25.1 Å². The number of fused-ring (bicyclic) bond motifs is 1. The lowest BCUT2D eigenvalue weighted by atomic mass is 9.96. The van der Waals surface area contributed by atoms with Crippen molar-refractivity contribution in [1.29, 1.82) is 0 Å². The van der Waals surface area contributed by atoms with Crippen LogP contribution < -0.4 is 10.3 Å². The van der Waals surface area contributed by atoms with Crippen molar-refractivity contribution in [2.75, 3.05) is 0 Å². The first-order valence-electron chi connectivity index (χ1n) is 8.93. The first-order valence-corrected chi connectivity index (χ1v) is 9.81. The predicted molar refractivity (Wildman–Crippen MR) is 112 cm³/mol. The van der Waals surface area contributed by atoms with Crippen LogP contribution in [-0.2, 0) is 12.2 Å². The maximum absolute atomic E-state index is 12.9. The van der Waals surface area contributed by atoms with Gasteiger partial charge in [0.2, 0.25) is 0 Å². The molecule has 0 radical (unpaired) electrons. The van der Waals surface area contributed by atoms with Gasteiger partial charge in [-0.15, -0.1) is 11.3 Å². The predicted octanol–water partition coefficient (Wildman–Crippen LogP) is 4.46. The SMILES string of the molecule is CC(C)(O)c1ccc2[nH]c(=O)c(-c3cccs3)c(OCc3ccccn3)c2c1. The maximum atomic E-state index is 12.9. The van der Waals surface area contributed by atoms with E-state index in [9.17, 15) is 9.90 Å². The van der Waals surface area contributed by atoms with Crippen LogP contribution in [0, 0.1) is 0 Å². The third-order valence-electron chi connectivity index (χ3n) is 4.53. The second kappa shape index (κ2) is 7.22. The van der Waals surface area contributed by atoms with Crippen LogP contribution in [-0.4, -0.2) is 15.1 Å². The van der Waals surface area contributed by atoms with Gasteiger partial charge < -0.3 is 14.8 Å². The summed E-state index contributed by atoms with van der Waals surface area (Å²) in [6, 6.07) is 14.9. The highest BCUT2D eigenvalue weighted by atomic mass is 32.1. The van der Waals surface area contributed by atoms with E-state index in [1.54, 1.807) is 26.1 Å². The van der Waals surface area contributed by atoms with Gasteiger partial charge in [-0.25, -0.2) is 0 Å². The van der Waals surface area contributed by atoms with Gasteiger partial charge in [-0.3, -0.25) is 9.78 Å². The fourth-order valence-corrected chi connectivity index (χ4v) is 3.83. The standard InChI is InChI=1S/C22H20N2O3S/c1-22(2,26)14-8-9-17-16(12-14)20(27-13-15-6-3-4-10-23-15)19(21(25)24-17)18-7-5-11-28-18/h3-12,26H,13H2,1-2H3,(H,24,25). The number of aromatic amines is 1. The zero-order valence-corrected chi connectivity index (χ0v) is 16.4. The Kier molecular flexibility index (Phi) is 4.75. The number of nitrogens with zero attached hydrogens (tertiary/aromatic N) is 1. The summed E-state index contributed by atoms with van der Waals surface area (Å²) in [5.41, 5.74) is 1.45. The average Bonchev–Trinajstić information content (AvgIpc) is 3.19. The van der Waals surface area contributed by atoms with E-state index >= 15 is 0 Å². The Morgan fingerprint density at radius 2 is 2.04 bits per heavy atom. The molecule has 0 aliphatic carbocycles. The number of nitrogens with one attached hydrogen (secondary N) is 1. The zero-order valence-electron chi connectivity index (χ0n) is 15.6. The molecule has 0 atom stereocenters. The van der Waals surface area contributed by atoms with E-state index in [1.807, 2.05) is 47.8 Å². The number of pyridine rings is 2. The molecule has 6 heteroatoms. The van der Waals surface area contributed by atoms with Crippen molar-refractivity contribution in [1.82, 2.24) is 9.97 Å². The number of rotatable bonds is 5. The second-order valence-corrected chi connectivity index (χ2v) is 8.01. The van der Waals surface area contributed by atoms with E-state index in [-0.39, 0.29) is 12.2 Å². The Bertz CT molecular complexity index is 1160. The first kappa shape index (κ1) is 18.4. The first-order chi connectivity index (χ1) is 13.4. The molecule has 0 bridgehead atoms. The molecule has 28 heavy (non-hydrogen) atoms. The highest BCUT2D eigenvalue weighted by Crippen LogP contribution is 2.37. The Morgan fingerprint density at radius 3 is 2.71 bits per heavy atom. The molecule has 1 aromatic carbocycles. The van der Waals surface area contributed by atoms with Crippen LogP contribution in [0.4, 0.5) is 0 Å². The molecular formula is C22H20N2O3S. The van der Waals surface area contributed by atoms with Crippen molar-refractivity contribution in [3.63, 3.8) is 0 Å². The summed E-state index contributed by atoms with van der Waals surface area (Å²) < 4.78 is 6.15. The summed E-state index contributed by atoms with van der Waals surface area (Å²) in [5, 5.41) is 13.1. The number of hydrogen-bond acceptors (Lipinski definition) is 5. The molecule has 0 fully saturated rings. The van der Waals surface area contributed by atoms with Crippen LogP contribution in [0.25, 0.3) is 21.3 Å². The molecule has 0 amide bonds. The quantitative estimate of drug-likeness (QED) is 0.526. The lowest BCUT2D eigenvalue weighted by Crippen LogP contribution is -2.16. The minimum atomic E-state index is -1.01. The molecule has 3 heterocycles. The van der Waals surface area contributed by atoms with Crippen molar-refractivity contribution in [3.8, 4) is 16.2 Å². The molecule has 0 unspecified atom stereocenters. The number of thiophene rings is 1. The molecule has 4 aromatic rings. The molecule has 142 valence electrons. The second-order valence-electron chi connectivity index (χ2n) is 7.06. The Hall–Kier alpha value is -2.96. The molecule has 4 rings (SSSR count). The van der Waals surface area contributed by atoms with E-state index < -0.39 is 5.60 Å². The van der Waals surface area contributed by atoms with Gasteiger partial charge in [-0.2, -0.15) is 0 Å². The van der Waals surface area contributed by atoms with E-state index in [0.717, 1.165) is 21.5 Å². The van der Waals surface area contributed by atoms with Crippen LogP contribution in [0.15, 0.2) is 64.9 Å². The fraction of sp³-hybridized carbons (Fsp3) is 0.182. The van der Waals surface area contributed by atoms with Gasteiger partial charge >= 0.3 is 0 Å². The van der Waals surface area contributed by atoms with Gasteiger partial charge in [-0.05, 0) is 55.1 Å². The lowest BCUT2D eigenvalue weighted by molar-refractivity contribution is 0.0787. The summed E-state index contributed by atoms with van der Waals surface area (Å²) in [4.78, 5) is 20.9. The van der Waals surface area contributed by atoms with Crippen LogP contribution in [0.5, 0.6) is 5.75 Å². The highest BCUT2D eigenvalue weighted by Gasteiger charge is 2.21. The van der Waals surface area contributed by atoms with Gasteiger partial charge in [0.15, 0.2) is 0 Å². The van der Waals surface area contributed by atoms with E-state index in [0.29, 0.717) is 16.8 Å². The maximum Gasteiger partial charge on any atom is 0.260 e.